The summed E-state index contributed by atoms with van der Waals surface area (Å²) in [6.07, 6.45) is 0.258. The molecule has 134 valence electrons. The predicted molar refractivity (Wildman–Crippen MR) is 97.7 cm³/mol. The van der Waals surface area contributed by atoms with Crippen LogP contribution in [0.15, 0.2) is 47.4 Å². The van der Waals surface area contributed by atoms with Gasteiger partial charge in [0.2, 0.25) is 5.91 Å². The highest BCUT2D eigenvalue weighted by atomic mass is 35.5. The third-order valence-corrected chi connectivity index (χ3v) is 5.17. The Labute approximate surface area is 152 Å². The zero-order valence-electron chi connectivity index (χ0n) is 14.1. The number of hydrogen-bond donors (Lipinski definition) is 1. The topological polar surface area (TPSA) is 75.7 Å². The SMILES string of the molecule is COc1ccc(S(=O)(=O)Nc2ccc(CC(=O)N(C)C)cc2)cc1Cl. The molecule has 0 aliphatic rings. The molecular formula is C17H19ClN2O4S. The number of benzene rings is 2. The van der Waals surface area contributed by atoms with E-state index in [2.05, 4.69) is 4.72 Å². The second-order valence-electron chi connectivity index (χ2n) is 5.56. The highest BCUT2D eigenvalue weighted by Gasteiger charge is 2.16. The lowest BCUT2D eigenvalue weighted by molar-refractivity contribution is -0.127. The number of hydrogen-bond acceptors (Lipinski definition) is 4. The van der Waals surface area contributed by atoms with Crippen molar-refractivity contribution in [3.05, 3.63) is 53.1 Å². The van der Waals surface area contributed by atoms with Gasteiger partial charge in [-0.2, -0.15) is 0 Å². The van der Waals surface area contributed by atoms with Crippen LogP contribution in [0.2, 0.25) is 5.02 Å². The Kier molecular flexibility index (Phi) is 5.92. The Hall–Kier alpha value is -2.25. The predicted octanol–water partition coefficient (Wildman–Crippen LogP) is 2.78. The van der Waals surface area contributed by atoms with Crippen molar-refractivity contribution in [2.45, 2.75) is 11.3 Å². The Morgan fingerprint density at radius 2 is 1.80 bits per heavy atom. The molecule has 0 aromatic heterocycles. The average molecular weight is 383 g/mol. The fourth-order valence-corrected chi connectivity index (χ4v) is 3.46. The monoisotopic (exact) mass is 382 g/mol. The molecule has 0 fully saturated rings. The van der Waals surface area contributed by atoms with Crippen LogP contribution in [0.3, 0.4) is 0 Å². The molecule has 0 atom stereocenters. The van der Waals surface area contributed by atoms with Crippen LogP contribution < -0.4 is 9.46 Å². The fourth-order valence-electron chi connectivity index (χ4n) is 2.05. The van der Waals surface area contributed by atoms with Crippen molar-refractivity contribution in [1.29, 1.82) is 0 Å². The van der Waals surface area contributed by atoms with Crippen molar-refractivity contribution in [1.82, 2.24) is 4.90 Å². The molecule has 0 saturated heterocycles. The first-order valence-corrected chi connectivity index (χ1v) is 9.24. The van der Waals surface area contributed by atoms with Gasteiger partial charge in [-0.1, -0.05) is 23.7 Å². The first-order chi connectivity index (χ1) is 11.7. The average Bonchev–Trinajstić information content (AvgIpc) is 2.56. The third kappa shape index (κ3) is 4.87. The van der Waals surface area contributed by atoms with Gasteiger partial charge in [0.1, 0.15) is 5.75 Å². The number of anilines is 1. The molecule has 0 aliphatic heterocycles. The maximum atomic E-state index is 12.4. The normalized spacial score (nSPS) is 11.0. The standard InChI is InChI=1S/C17H19ClN2O4S/c1-20(2)17(21)10-12-4-6-13(7-5-12)19-25(22,23)14-8-9-16(24-3)15(18)11-14/h4-9,11,19H,10H2,1-3H3. The molecule has 0 heterocycles. The highest BCUT2D eigenvalue weighted by Crippen LogP contribution is 2.27. The number of amides is 1. The number of nitrogens with one attached hydrogen (secondary N) is 1. The number of carbonyl (C=O) groups is 1. The van der Waals surface area contributed by atoms with Crippen LogP contribution in [0.25, 0.3) is 0 Å². The van der Waals surface area contributed by atoms with Gasteiger partial charge < -0.3 is 9.64 Å². The van der Waals surface area contributed by atoms with Crippen LogP contribution in [0.4, 0.5) is 5.69 Å². The van der Waals surface area contributed by atoms with E-state index in [0.29, 0.717) is 11.4 Å². The molecule has 8 heteroatoms. The van der Waals surface area contributed by atoms with E-state index in [1.54, 1.807) is 38.4 Å². The molecule has 1 N–H and O–H groups in total. The molecule has 6 nitrogen and oxygen atoms in total. The summed E-state index contributed by atoms with van der Waals surface area (Å²) in [5, 5.41) is 0.211. The van der Waals surface area contributed by atoms with Gasteiger partial charge in [-0.3, -0.25) is 9.52 Å². The molecule has 2 aromatic carbocycles. The fraction of sp³-hybridized carbons (Fsp3) is 0.235. The Morgan fingerprint density at radius 3 is 2.32 bits per heavy atom. The summed E-state index contributed by atoms with van der Waals surface area (Å²) in [5.74, 6) is 0.372. The number of halogens is 1. The molecule has 0 radical (unpaired) electrons. The number of carbonyl (C=O) groups excluding carboxylic acids is 1. The lowest BCUT2D eigenvalue weighted by Crippen LogP contribution is -2.23. The van der Waals surface area contributed by atoms with Gasteiger partial charge in [-0.15, -0.1) is 0 Å². The summed E-state index contributed by atoms with van der Waals surface area (Å²) in [6, 6.07) is 10.9. The van der Waals surface area contributed by atoms with Crippen molar-refractivity contribution in [2.75, 3.05) is 25.9 Å². The van der Waals surface area contributed by atoms with E-state index < -0.39 is 10.0 Å². The molecule has 1 amide bonds. The van der Waals surface area contributed by atoms with E-state index >= 15 is 0 Å². The Bertz CT molecular complexity index is 865. The van der Waals surface area contributed by atoms with Gasteiger partial charge in [0.25, 0.3) is 10.0 Å². The van der Waals surface area contributed by atoms with Crippen LogP contribution >= 0.6 is 11.6 Å². The second-order valence-corrected chi connectivity index (χ2v) is 7.65. The van der Waals surface area contributed by atoms with E-state index in [9.17, 15) is 13.2 Å². The first kappa shape index (κ1) is 19.1. The van der Waals surface area contributed by atoms with Crippen molar-refractivity contribution in [3.63, 3.8) is 0 Å². The number of nitrogens with zero attached hydrogens (tertiary/aromatic N) is 1. The summed E-state index contributed by atoms with van der Waals surface area (Å²) in [5.41, 5.74) is 1.20. The van der Waals surface area contributed by atoms with Crippen molar-refractivity contribution < 1.29 is 17.9 Å². The van der Waals surface area contributed by atoms with Crippen molar-refractivity contribution in [2.24, 2.45) is 0 Å². The molecule has 0 aliphatic carbocycles. The van der Waals surface area contributed by atoms with Crippen LogP contribution in [0, 0.1) is 0 Å². The molecule has 0 bridgehead atoms. The summed E-state index contributed by atoms with van der Waals surface area (Å²) < 4.78 is 32.4. The van der Waals surface area contributed by atoms with Crippen LogP contribution in [-0.4, -0.2) is 40.4 Å². The van der Waals surface area contributed by atoms with Gasteiger partial charge >= 0.3 is 0 Å². The molecular weight excluding hydrogens is 364 g/mol. The van der Waals surface area contributed by atoms with Crippen molar-refractivity contribution >= 4 is 33.2 Å². The van der Waals surface area contributed by atoms with E-state index in [4.69, 9.17) is 16.3 Å². The van der Waals surface area contributed by atoms with Crippen LogP contribution in [-0.2, 0) is 21.2 Å². The maximum absolute atomic E-state index is 12.4. The van der Waals surface area contributed by atoms with Crippen LogP contribution in [0.5, 0.6) is 5.75 Å². The largest absolute Gasteiger partial charge is 0.495 e. The number of methoxy groups -OCH3 is 1. The summed E-state index contributed by atoms with van der Waals surface area (Å²) in [6.45, 7) is 0. The highest BCUT2D eigenvalue weighted by molar-refractivity contribution is 7.92. The lowest BCUT2D eigenvalue weighted by atomic mass is 10.1. The number of ether oxygens (including phenoxy) is 1. The Balaban J connectivity index is 2.15. The third-order valence-electron chi connectivity index (χ3n) is 3.49. The van der Waals surface area contributed by atoms with Gasteiger partial charge in [-0.25, -0.2) is 8.42 Å². The van der Waals surface area contributed by atoms with Gasteiger partial charge in [0.05, 0.1) is 23.4 Å². The maximum Gasteiger partial charge on any atom is 0.261 e. The minimum Gasteiger partial charge on any atom is -0.495 e. The summed E-state index contributed by atoms with van der Waals surface area (Å²) >= 11 is 5.98. The minimum absolute atomic E-state index is 0.0267. The smallest absolute Gasteiger partial charge is 0.261 e. The second kappa shape index (κ2) is 7.76. The Morgan fingerprint density at radius 1 is 1.16 bits per heavy atom. The zero-order valence-corrected chi connectivity index (χ0v) is 15.7. The molecule has 2 aromatic rings. The molecule has 0 unspecified atom stereocenters. The molecule has 25 heavy (non-hydrogen) atoms. The van der Waals surface area contributed by atoms with E-state index in [-0.39, 0.29) is 22.2 Å². The number of sulfonamides is 1. The van der Waals surface area contributed by atoms with Gasteiger partial charge in [-0.05, 0) is 35.9 Å². The van der Waals surface area contributed by atoms with E-state index in [0.717, 1.165) is 5.56 Å². The molecule has 0 saturated carbocycles. The van der Waals surface area contributed by atoms with Crippen LogP contribution in [0.1, 0.15) is 5.56 Å². The minimum atomic E-state index is -3.78. The first-order valence-electron chi connectivity index (χ1n) is 7.38. The summed E-state index contributed by atoms with van der Waals surface area (Å²) in [4.78, 5) is 13.2. The van der Waals surface area contributed by atoms with Gasteiger partial charge in [0, 0.05) is 19.8 Å². The van der Waals surface area contributed by atoms with Gasteiger partial charge in [0.15, 0.2) is 0 Å². The van der Waals surface area contributed by atoms with E-state index in [1.165, 1.54) is 30.2 Å². The zero-order chi connectivity index (χ0) is 18.6. The quantitative estimate of drug-likeness (QED) is 0.833. The lowest BCUT2D eigenvalue weighted by Gasteiger charge is -2.12. The molecule has 0 spiro atoms. The molecule has 2 rings (SSSR count). The van der Waals surface area contributed by atoms with E-state index in [1.807, 2.05) is 0 Å². The van der Waals surface area contributed by atoms with Crippen molar-refractivity contribution in [3.8, 4) is 5.75 Å². The number of likely N-dealkylation sites (N-methyl/N-ethyl adjacent to an activating group) is 1. The summed E-state index contributed by atoms with van der Waals surface area (Å²) in [7, 11) is 1.05. The number of rotatable bonds is 6.